The summed E-state index contributed by atoms with van der Waals surface area (Å²) >= 11 is 1.49. The summed E-state index contributed by atoms with van der Waals surface area (Å²) < 4.78 is 13.8. The summed E-state index contributed by atoms with van der Waals surface area (Å²) in [4.78, 5) is 15.8. The van der Waals surface area contributed by atoms with Crippen LogP contribution in [0.25, 0.3) is 20.8 Å². The van der Waals surface area contributed by atoms with E-state index in [1.165, 1.54) is 11.3 Å². The summed E-state index contributed by atoms with van der Waals surface area (Å²) in [6, 6.07) is 14.9. The second-order valence-corrected chi connectivity index (χ2v) is 7.29. The van der Waals surface area contributed by atoms with Gasteiger partial charge >= 0.3 is 6.09 Å². The van der Waals surface area contributed by atoms with Gasteiger partial charge in [0.05, 0.1) is 27.2 Å². The first-order valence-electron chi connectivity index (χ1n) is 8.59. The number of para-hydroxylation sites is 1. The van der Waals surface area contributed by atoms with Gasteiger partial charge in [-0.05, 0) is 43.3 Å². The highest BCUT2D eigenvalue weighted by Gasteiger charge is 2.13. The number of hydrogen-bond donors (Lipinski definition) is 1. The van der Waals surface area contributed by atoms with Crippen LogP contribution in [0.4, 0.5) is 4.79 Å². The first-order valence-corrected chi connectivity index (χ1v) is 9.41. The molecule has 0 spiro atoms. The molecule has 8 heteroatoms. The lowest BCUT2D eigenvalue weighted by molar-refractivity contribution is 0.211. The smallest absolute Gasteiger partial charge is 0.409 e. The van der Waals surface area contributed by atoms with Gasteiger partial charge in [-0.1, -0.05) is 12.1 Å². The van der Waals surface area contributed by atoms with E-state index in [0.717, 1.165) is 37.9 Å². The maximum Gasteiger partial charge on any atom is 0.409 e. The van der Waals surface area contributed by atoms with Gasteiger partial charge in [-0.15, -0.1) is 11.3 Å². The molecule has 0 saturated carbocycles. The molecule has 2 aromatic carbocycles. The summed E-state index contributed by atoms with van der Waals surface area (Å²) in [6.45, 7) is 2.39. The predicted octanol–water partition coefficient (Wildman–Crippen LogP) is 4.04. The van der Waals surface area contributed by atoms with Crippen LogP contribution >= 0.6 is 11.3 Å². The average molecular weight is 394 g/mol. The Bertz CT molecular complexity index is 1170. The fourth-order valence-electron chi connectivity index (χ4n) is 2.91. The maximum absolute atomic E-state index is 11.1. The molecule has 0 aliphatic rings. The summed E-state index contributed by atoms with van der Waals surface area (Å²) in [6.07, 6.45) is -0.852. The number of ether oxygens (including phenoxy) is 2. The van der Waals surface area contributed by atoms with Gasteiger partial charge in [-0.3, -0.25) is 4.68 Å². The van der Waals surface area contributed by atoms with E-state index < -0.39 is 6.09 Å². The third-order valence-electron chi connectivity index (χ3n) is 4.17. The summed E-state index contributed by atoms with van der Waals surface area (Å²) in [5.74, 6) is 1.14. The molecule has 2 heterocycles. The molecule has 0 radical (unpaired) electrons. The lowest BCUT2D eigenvalue weighted by atomic mass is 10.2. The molecular weight excluding hydrogens is 376 g/mol. The Morgan fingerprint density at radius 2 is 2.04 bits per heavy atom. The second-order valence-electron chi connectivity index (χ2n) is 6.26. The highest BCUT2D eigenvalue weighted by Crippen LogP contribution is 2.36. The number of nitrogens with two attached hydrogens (primary N) is 1. The van der Waals surface area contributed by atoms with E-state index in [9.17, 15) is 4.79 Å². The van der Waals surface area contributed by atoms with Gasteiger partial charge < -0.3 is 15.2 Å². The van der Waals surface area contributed by atoms with E-state index in [4.69, 9.17) is 15.2 Å². The van der Waals surface area contributed by atoms with Gasteiger partial charge in [0.25, 0.3) is 0 Å². The zero-order chi connectivity index (χ0) is 19.7. The number of aryl methyl sites for hydroxylation is 2. The number of primary amides is 1. The Balaban J connectivity index is 1.60. The molecule has 0 atom stereocenters. The Labute approximate surface area is 165 Å². The van der Waals surface area contributed by atoms with Crippen LogP contribution in [0.3, 0.4) is 0 Å². The molecule has 4 aromatic rings. The quantitative estimate of drug-likeness (QED) is 0.551. The number of amides is 1. The number of rotatable bonds is 5. The van der Waals surface area contributed by atoms with Gasteiger partial charge in [-0.2, -0.15) is 5.10 Å². The molecular formula is C20H18N4O3S. The average Bonchev–Trinajstić information content (AvgIpc) is 3.21. The highest BCUT2D eigenvalue weighted by molar-refractivity contribution is 7.21. The number of aromatic nitrogens is 3. The Kier molecular flexibility index (Phi) is 4.70. The standard InChI is InChI=1S/C20H18N4O3S/c1-12-9-13(24(2)23-12)11-26-14-7-8-16-18(10-14)28-19(22-16)15-5-3-4-6-17(15)27-20(21)25/h3-10H,11H2,1-2H3,(H2,21,25). The molecule has 0 bridgehead atoms. The lowest BCUT2D eigenvalue weighted by Crippen LogP contribution is -2.16. The van der Waals surface area contributed by atoms with Crippen LogP contribution in [0.2, 0.25) is 0 Å². The van der Waals surface area contributed by atoms with E-state index in [-0.39, 0.29) is 0 Å². The van der Waals surface area contributed by atoms with Crippen LogP contribution in [0.5, 0.6) is 11.5 Å². The van der Waals surface area contributed by atoms with Gasteiger partial charge in [0.1, 0.15) is 23.1 Å². The maximum atomic E-state index is 11.1. The fraction of sp³-hybridized carbons (Fsp3) is 0.150. The lowest BCUT2D eigenvalue weighted by Gasteiger charge is -2.06. The molecule has 0 fully saturated rings. The fourth-order valence-corrected chi connectivity index (χ4v) is 3.93. The van der Waals surface area contributed by atoms with E-state index in [2.05, 4.69) is 10.1 Å². The van der Waals surface area contributed by atoms with Crippen molar-refractivity contribution in [2.24, 2.45) is 12.8 Å². The molecule has 0 aliphatic heterocycles. The summed E-state index contributed by atoms with van der Waals surface area (Å²) in [5, 5.41) is 5.06. The zero-order valence-electron chi connectivity index (χ0n) is 15.4. The van der Waals surface area contributed by atoms with Crippen molar-refractivity contribution in [2.45, 2.75) is 13.5 Å². The van der Waals surface area contributed by atoms with Crippen molar-refractivity contribution in [3.63, 3.8) is 0 Å². The van der Waals surface area contributed by atoms with Crippen molar-refractivity contribution in [3.05, 3.63) is 59.9 Å². The molecule has 0 aliphatic carbocycles. The minimum atomic E-state index is -0.852. The van der Waals surface area contributed by atoms with Crippen LogP contribution in [-0.4, -0.2) is 20.9 Å². The number of thiazole rings is 1. The van der Waals surface area contributed by atoms with Crippen molar-refractivity contribution in [1.29, 1.82) is 0 Å². The summed E-state index contributed by atoms with van der Waals surface area (Å²) in [7, 11) is 1.90. The van der Waals surface area contributed by atoms with Crippen LogP contribution in [-0.2, 0) is 13.7 Å². The van der Waals surface area contributed by atoms with E-state index in [1.54, 1.807) is 12.1 Å². The first-order chi connectivity index (χ1) is 13.5. The predicted molar refractivity (Wildman–Crippen MR) is 108 cm³/mol. The third kappa shape index (κ3) is 3.67. The highest BCUT2D eigenvalue weighted by atomic mass is 32.1. The normalized spacial score (nSPS) is 10.9. The van der Waals surface area contributed by atoms with Crippen molar-refractivity contribution < 1.29 is 14.3 Å². The largest absolute Gasteiger partial charge is 0.487 e. The first kappa shape index (κ1) is 18.0. The van der Waals surface area contributed by atoms with Gasteiger partial charge in [0, 0.05) is 7.05 Å². The summed E-state index contributed by atoms with van der Waals surface area (Å²) in [5.41, 5.74) is 8.68. The molecule has 2 aromatic heterocycles. The van der Waals surface area contributed by atoms with Crippen molar-refractivity contribution >= 4 is 27.6 Å². The zero-order valence-corrected chi connectivity index (χ0v) is 16.2. The number of nitrogens with zero attached hydrogens (tertiary/aromatic N) is 3. The van der Waals surface area contributed by atoms with Crippen LogP contribution in [0.1, 0.15) is 11.4 Å². The third-order valence-corrected chi connectivity index (χ3v) is 5.22. The topological polar surface area (TPSA) is 92.3 Å². The Morgan fingerprint density at radius 1 is 1.21 bits per heavy atom. The van der Waals surface area contributed by atoms with Crippen LogP contribution in [0.15, 0.2) is 48.5 Å². The van der Waals surface area contributed by atoms with E-state index >= 15 is 0 Å². The van der Waals surface area contributed by atoms with Crippen molar-refractivity contribution in [3.8, 4) is 22.1 Å². The number of hydrogen-bond acceptors (Lipinski definition) is 6. The van der Waals surface area contributed by atoms with Crippen molar-refractivity contribution in [1.82, 2.24) is 14.8 Å². The van der Waals surface area contributed by atoms with Crippen LogP contribution in [0, 0.1) is 6.92 Å². The van der Waals surface area contributed by atoms with E-state index in [0.29, 0.717) is 12.4 Å². The van der Waals surface area contributed by atoms with Gasteiger partial charge in [0.2, 0.25) is 0 Å². The molecule has 1 amide bonds. The SMILES string of the molecule is Cc1cc(COc2ccc3nc(-c4ccccc4OC(N)=O)sc3c2)n(C)n1. The molecule has 2 N–H and O–H groups in total. The van der Waals surface area contributed by atoms with Gasteiger partial charge in [0.15, 0.2) is 0 Å². The molecule has 0 saturated heterocycles. The minimum absolute atomic E-state index is 0.386. The number of benzene rings is 2. The molecule has 4 rings (SSSR count). The molecule has 7 nitrogen and oxygen atoms in total. The second kappa shape index (κ2) is 7.32. The molecule has 142 valence electrons. The number of fused-ring (bicyclic) bond motifs is 1. The van der Waals surface area contributed by atoms with Crippen LogP contribution < -0.4 is 15.2 Å². The van der Waals surface area contributed by atoms with E-state index in [1.807, 2.05) is 55.1 Å². The number of carbonyl (C=O) groups is 1. The number of carbonyl (C=O) groups excluding carboxylic acids is 1. The molecule has 28 heavy (non-hydrogen) atoms. The minimum Gasteiger partial charge on any atom is -0.487 e. The monoisotopic (exact) mass is 394 g/mol. The van der Waals surface area contributed by atoms with Gasteiger partial charge in [-0.25, -0.2) is 9.78 Å². The molecule has 0 unspecified atom stereocenters. The van der Waals surface area contributed by atoms with Crippen molar-refractivity contribution in [2.75, 3.05) is 0 Å². The Morgan fingerprint density at radius 3 is 2.79 bits per heavy atom. The Hall–Kier alpha value is -3.39.